The summed E-state index contributed by atoms with van der Waals surface area (Å²) >= 11 is 1.71. The van der Waals surface area contributed by atoms with Crippen LogP contribution in [0.3, 0.4) is 0 Å². The topological polar surface area (TPSA) is 54.5 Å². The molecule has 0 aliphatic carbocycles. The Morgan fingerprint density at radius 3 is 2.83 bits per heavy atom. The third-order valence-electron chi connectivity index (χ3n) is 5.44. The molecule has 5 nitrogen and oxygen atoms in total. The third-order valence-corrected chi connectivity index (χ3v) is 6.27. The van der Waals surface area contributed by atoms with Gasteiger partial charge < -0.3 is 10.1 Å². The first-order valence-corrected chi connectivity index (χ1v) is 9.64. The van der Waals surface area contributed by atoms with E-state index in [1.165, 1.54) is 6.42 Å². The van der Waals surface area contributed by atoms with Crippen LogP contribution >= 0.6 is 11.3 Å². The Morgan fingerprint density at radius 1 is 1.39 bits per heavy atom. The summed E-state index contributed by atoms with van der Waals surface area (Å²) in [6.45, 7) is 4.94. The number of thiazole rings is 1. The van der Waals surface area contributed by atoms with Gasteiger partial charge in [0.15, 0.2) is 0 Å². The highest BCUT2D eigenvalue weighted by Gasteiger charge is 2.42. The van der Waals surface area contributed by atoms with Crippen LogP contribution < -0.4 is 5.32 Å². The van der Waals surface area contributed by atoms with Crippen molar-refractivity contribution >= 4 is 17.2 Å². The molecule has 3 saturated heterocycles. The lowest BCUT2D eigenvalue weighted by Gasteiger charge is -2.32. The predicted octanol–water partition coefficient (Wildman–Crippen LogP) is 2.10. The van der Waals surface area contributed by atoms with Crippen molar-refractivity contribution in [2.24, 2.45) is 5.92 Å². The van der Waals surface area contributed by atoms with Crippen LogP contribution in [0.4, 0.5) is 0 Å². The number of piperidine rings is 1. The zero-order valence-electron chi connectivity index (χ0n) is 13.7. The van der Waals surface area contributed by atoms with Crippen molar-refractivity contribution in [3.8, 4) is 0 Å². The van der Waals surface area contributed by atoms with Gasteiger partial charge in [0.25, 0.3) is 0 Å². The maximum Gasteiger partial charge on any atom is 0.223 e. The zero-order valence-corrected chi connectivity index (χ0v) is 14.5. The number of carbonyl (C=O) groups excluding carboxylic acids is 1. The Morgan fingerprint density at radius 2 is 2.22 bits per heavy atom. The predicted molar refractivity (Wildman–Crippen MR) is 89.3 cm³/mol. The highest BCUT2D eigenvalue weighted by atomic mass is 32.1. The Hall–Kier alpha value is -0.980. The summed E-state index contributed by atoms with van der Waals surface area (Å²) in [5.74, 6) is 0.415. The number of aryl methyl sites for hydroxylation is 1. The van der Waals surface area contributed by atoms with Gasteiger partial charge in [0.2, 0.25) is 5.91 Å². The third kappa shape index (κ3) is 3.44. The average Bonchev–Trinajstić information content (AvgIpc) is 3.25. The van der Waals surface area contributed by atoms with Crippen molar-refractivity contribution < 1.29 is 9.53 Å². The SMILES string of the molecule is Cc1nc(CN2CCC(C(=O)N[C@@H]3C[C@H]4CC[C@@H]3O4)CC2)cs1. The molecule has 4 rings (SSSR count). The van der Waals surface area contributed by atoms with E-state index in [1.54, 1.807) is 11.3 Å². The number of likely N-dealkylation sites (tertiary alicyclic amines) is 1. The minimum absolute atomic E-state index is 0.169. The highest BCUT2D eigenvalue weighted by Crippen LogP contribution is 2.34. The van der Waals surface area contributed by atoms with E-state index in [9.17, 15) is 4.79 Å². The molecule has 23 heavy (non-hydrogen) atoms. The lowest BCUT2D eigenvalue weighted by atomic mass is 9.92. The monoisotopic (exact) mass is 335 g/mol. The van der Waals surface area contributed by atoms with E-state index in [2.05, 4.69) is 20.6 Å². The summed E-state index contributed by atoms with van der Waals surface area (Å²) in [5.41, 5.74) is 1.16. The van der Waals surface area contributed by atoms with E-state index in [1.807, 2.05) is 6.92 Å². The van der Waals surface area contributed by atoms with Crippen molar-refractivity contribution in [3.05, 3.63) is 16.1 Å². The maximum absolute atomic E-state index is 12.5. The molecule has 0 spiro atoms. The van der Waals surface area contributed by atoms with Crippen molar-refractivity contribution in [1.29, 1.82) is 0 Å². The van der Waals surface area contributed by atoms with E-state index < -0.39 is 0 Å². The quantitative estimate of drug-likeness (QED) is 0.915. The van der Waals surface area contributed by atoms with E-state index in [4.69, 9.17) is 4.74 Å². The standard InChI is InChI=1S/C17H25N3O2S/c1-11-18-13(10-23-11)9-20-6-4-12(5-7-20)17(21)19-15-8-14-2-3-16(15)22-14/h10,12,14-16H,2-9H2,1H3,(H,19,21)/t14-,15-,16+/m1/s1. The van der Waals surface area contributed by atoms with Gasteiger partial charge in [-0.25, -0.2) is 4.98 Å². The lowest BCUT2D eigenvalue weighted by Crippen LogP contribution is -2.46. The molecule has 1 aromatic rings. The number of carbonyl (C=O) groups is 1. The molecular weight excluding hydrogens is 310 g/mol. The highest BCUT2D eigenvalue weighted by molar-refractivity contribution is 7.09. The lowest BCUT2D eigenvalue weighted by molar-refractivity contribution is -0.127. The summed E-state index contributed by atoms with van der Waals surface area (Å²) in [7, 11) is 0. The van der Waals surface area contributed by atoms with Gasteiger partial charge in [-0.3, -0.25) is 9.69 Å². The fraction of sp³-hybridized carbons (Fsp3) is 0.765. The van der Waals surface area contributed by atoms with Gasteiger partial charge in [-0.1, -0.05) is 0 Å². The molecule has 0 aromatic carbocycles. The van der Waals surface area contributed by atoms with Gasteiger partial charge in [-0.05, 0) is 52.1 Å². The molecule has 1 amide bonds. The minimum Gasteiger partial charge on any atom is -0.373 e. The van der Waals surface area contributed by atoms with Gasteiger partial charge in [0.1, 0.15) is 0 Å². The number of nitrogens with one attached hydrogen (secondary N) is 1. The number of rotatable bonds is 4. The van der Waals surface area contributed by atoms with E-state index in [0.717, 1.165) is 56.0 Å². The van der Waals surface area contributed by atoms with Gasteiger partial charge in [-0.2, -0.15) is 0 Å². The normalized spacial score (nSPS) is 31.6. The molecule has 0 unspecified atom stereocenters. The summed E-state index contributed by atoms with van der Waals surface area (Å²) < 4.78 is 5.83. The molecule has 3 fully saturated rings. The van der Waals surface area contributed by atoms with E-state index in [-0.39, 0.29) is 24.0 Å². The fourth-order valence-electron chi connectivity index (χ4n) is 4.15. The van der Waals surface area contributed by atoms with Crippen LogP contribution in [0.1, 0.15) is 42.8 Å². The second-order valence-corrected chi connectivity index (χ2v) is 8.20. The molecule has 1 N–H and O–H groups in total. The van der Waals surface area contributed by atoms with Gasteiger partial charge >= 0.3 is 0 Å². The number of ether oxygens (including phenoxy) is 1. The summed E-state index contributed by atoms with van der Waals surface area (Å²) in [5, 5.41) is 6.52. The van der Waals surface area contributed by atoms with Crippen LogP contribution in [0.15, 0.2) is 5.38 Å². The van der Waals surface area contributed by atoms with Gasteiger partial charge in [0.05, 0.1) is 29.0 Å². The van der Waals surface area contributed by atoms with Crippen molar-refractivity contribution in [3.63, 3.8) is 0 Å². The molecular formula is C17H25N3O2S. The molecule has 4 heterocycles. The summed E-state index contributed by atoms with van der Waals surface area (Å²) in [4.78, 5) is 19.5. The molecule has 0 radical (unpaired) electrons. The molecule has 2 bridgehead atoms. The number of aromatic nitrogens is 1. The van der Waals surface area contributed by atoms with Crippen molar-refractivity contribution in [2.45, 2.75) is 63.8 Å². The second-order valence-electron chi connectivity index (χ2n) is 7.13. The fourth-order valence-corrected chi connectivity index (χ4v) is 4.76. The molecule has 3 atom stereocenters. The van der Waals surface area contributed by atoms with E-state index >= 15 is 0 Å². The maximum atomic E-state index is 12.5. The van der Waals surface area contributed by atoms with Crippen LogP contribution in [-0.2, 0) is 16.1 Å². The molecule has 3 aliphatic heterocycles. The summed E-state index contributed by atoms with van der Waals surface area (Å²) in [6, 6.07) is 0.261. The Kier molecular flexibility index (Phi) is 4.39. The van der Waals surface area contributed by atoms with Crippen LogP contribution in [0.25, 0.3) is 0 Å². The Balaban J connectivity index is 1.23. The van der Waals surface area contributed by atoms with Crippen molar-refractivity contribution in [1.82, 2.24) is 15.2 Å². The van der Waals surface area contributed by atoms with Crippen LogP contribution in [0, 0.1) is 12.8 Å². The van der Waals surface area contributed by atoms with Crippen LogP contribution in [-0.4, -0.2) is 47.1 Å². The first-order valence-electron chi connectivity index (χ1n) is 8.76. The first-order chi connectivity index (χ1) is 11.2. The number of hydrogen-bond acceptors (Lipinski definition) is 5. The minimum atomic E-state index is 0.169. The largest absolute Gasteiger partial charge is 0.373 e. The smallest absolute Gasteiger partial charge is 0.223 e. The molecule has 0 saturated carbocycles. The number of amides is 1. The average molecular weight is 335 g/mol. The van der Waals surface area contributed by atoms with Crippen LogP contribution in [0.5, 0.6) is 0 Å². The van der Waals surface area contributed by atoms with E-state index in [0.29, 0.717) is 6.10 Å². The molecule has 3 aliphatic rings. The number of hydrogen-bond donors (Lipinski definition) is 1. The van der Waals surface area contributed by atoms with Gasteiger partial charge in [-0.15, -0.1) is 11.3 Å². The zero-order chi connectivity index (χ0) is 15.8. The number of fused-ring (bicyclic) bond motifs is 2. The molecule has 1 aromatic heterocycles. The van der Waals surface area contributed by atoms with Crippen LogP contribution in [0.2, 0.25) is 0 Å². The van der Waals surface area contributed by atoms with Crippen molar-refractivity contribution in [2.75, 3.05) is 13.1 Å². The first kappa shape index (κ1) is 15.5. The Bertz CT molecular complexity index is 568. The second kappa shape index (κ2) is 6.49. The molecule has 6 heteroatoms. The van der Waals surface area contributed by atoms with Gasteiger partial charge in [0, 0.05) is 17.8 Å². The Labute approximate surface area is 141 Å². The molecule has 126 valence electrons. The summed E-state index contributed by atoms with van der Waals surface area (Å²) in [6.07, 6.45) is 5.88. The number of nitrogens with zero attached hydrogens (tertiary/aromatic N) is 2.